The van der Waals surface area contributed by atoms with Crippen molar-refractivity contribution in [3.8, 4) is 0 Å². The number of para-hydroxylation sites is 1. The maximum atomic E-state index is 12.3. The zero-order chi connectivity index (χ0) is 19.3. The molecule has 0 fully saturated rings. The van der Waals surface area contributed by atoms with Crippen LogP contribution in [0.5, 0.6) is 0 Å². The zero-order valence-corrected chi connectivity index (χ0v) is 17.1. The van der Waals surface area contributed by atoms with Crippen LogP contribution in [0.4, 0.5) is 5.69 Å². The van der Waals surface area contributed by atoms with Crippen molar-refractivity contribution in [1.82, 2.24) is 5.32 Å². The molecule has 0 aliphatic carbocycles. The highest BCUT2D eigenvalue weighted by atomic mass is 32.2. The van der Waals surface area contributed by atoms with E-state index in [4.69, 9.17) is 0 Å². The Morgan fingerprint density at radius 1 is 1.16 bits per heavy atom. The van der Waals surface area contributed by atoms with Crippen molar-refractivity contribution in [2.45, 2.75) is 52.9 Å². The summed E-state index contributed by atoms with van der Waals surface area (Å²) in [4.78, 5) is 12.1. The van der Waals surface area contributed by atoms with E-state index in [9.17, 15) is 13.2 Å². The minimum absolute atomic E-state index is 0.0115. The second-order valence-corrected chi connectivity index (χ2v) is 9.31. The molecule has 0 radical (unpaired) electrons. The average Bonchev–Trinajstić information content (AvgIpc) is 2.50. The molecule has 0 aliphatic heterocycles. The molecule has 1 amide bonds. The number of rotatable bonds is 8. The van der Waals surface area contributed by atoms with E-state index in [1.54, 1.807) is 0 Å². The van der Waals surface area contributed by atoms with Gasteiger partial charge in [-0.3, -0.25) is 9.10 Å². The highest BCUT2D eigenvalue weighted by Crippen LogP contribution is 2.32. The number of sulfonamides is 1. The standard InChI is InChI=1S/C19H32N2O3S/c1-7-15(8-2)18(22)20-13-14-21(25(6,23)24)17-12-10-9-11-16(17)19(3,4)5/h9-12,15H,7-8,13-14H2,1-6H3,(H,20,22). The van der Waals surface area contributed by atoms with Crippen LogP contribution >= 0.6 is 0 Å². The Kier molecular flexibility index (Phi) is 7.47. The molecule has 5 nitrogen and oxygen atoms in total. The summed E-state index contributed by atoms with van der Waals surface area (Å²) in [5.41, 5.74) is 1.46. The fourth-order valence-electron chi connectivity index (χ4n) is 2.87. The first-order chi connectivity index (χ1) is 11.5. The highest BCUT2D eigenvalue weighted by molar-refractivity contribution is 7.92. The summed E-state index contributed by atoms with van der Waals surface area (Å²) < 4.78 is 26.1. The number of amides is 1. The van der Waals surface area contributed by atoms with Crippen LogP contribution in [-0.4, -0.2) is 33.7 Å². The summed E-state index contributed by atoms with van der Waals surface area (Å²) >= 11 is 0. The van der Waals surface area contributed by atoms with Crippen LogP contribution in [0.2, 0.25) is 0 Å². The molecule has 6 heteroatoms. The molecule has 1 rings (SSSR count). The van der Waals surface area contributed by atoms with Gasteiger partial charge < -0.3 is 5.32 Å². The monoisotopic (exact) mass is 368 g/mol. The summed E-state index contributed by atoms with van der Waals surface area (Å²) in [6.45, 7) is 10.6. The third-order valence-corrected chi connectivity index (χ3v) is 5.53. The maximum Gasteiger partial charge on any atom is 0.232 e. The predicted molar refractivity (Wildman–Crippen MR) is 104 cm³/mol. The Morgan fingerprint density at radius 3 is 2.20 bits per heavy atom. The molecule has 0 atom stereocenters. The molecular formula is C19H32N2O3S. The van der Waals surface area contributed by atoms with Gasteiger partial charge in [-0.2, -0.15) is 0 Å². The third-order valence-electron chi connectivity index (χ3n) is 4.35. The largest absolute Gasteiger partial charge is 0.354 e. The van der Waals surface area contributed by atoms with Crippen LogP contribution in [-0.2, 0) is 20.2 Å². The van der Waals surface area contributed by atoms with Crippen LogP contribution in [0.1, 0.15) is 53.0 Å². The first-order valence-electron chi connectivity index (χ1n) is 8.87. The Labute approximate surface area is 152 Å². The second kappa shape index (κ2) is 8.70. The predicted octanol–water partition coefficient (Wildman–Crippen LogP) is 3.30. The van der Waals surface area contributed by atoms with Gasteiger partial charge in [0.15, 0.2) is 0 Å². The van der Waals surface area contributed by atoms with Gasteiger partial charge in [0.25, 0.3) is 0 Å². The summed E-state index contributed by atoms with van der Waals surface area (Å²) in [5, 5.41) is 2.87. The van der Waals surface area contributed by atoms with Crippen molar-refractivity contribution in [2.75, 3.05) is 23.7 Å². The fraction of sp³-hybridized carbons (Fsp3) is 0.632. The average molecular weight is 369 g/mol. The number of benzene rings is 1. The Morgan fingerprint density at radius 2 is 1.72 bits per heavy atom. The topological polar surface area (TPSA) is 66.5 Å². The molecule has 142 valence electrons. The molecule has 25 heavy (non-hydrogen) atoms. The van der Waals surface area contributed by atoms with Crippen LogP contribution in [0.15, 0.2) is 24.3 Å². The number of carbonyl (C=O) groups is 1. The van der Waals surface area contributed by atoms with Gasteiger partial charge in [0.1, 0.15) is 0 Å². The fourth-order valence-corrected chi connectivity index (χ4v) is 3.81. The van der Waals surface area contributed by atoms with Crippen LogP contribution in [0.25, 0.3) is 0 Å². The van der Waals surface area contributed by atoms with Crippen molar-refractivity contribution in [2.24, 2.45) is 5.92 Å². The number of carbonyl (C=O) groups excluding carboxylic acids is 1. The Hall–Kier alpha value is -1.56. The van der Waals surface area contributed by atoms with Crippen LogP contribution in [0, 0.1) is 5.92 Å². The first kappa shape index (κ1) is 21.5. The molecule has 1 N–H and O–H groups in total. The van der Waals surface area contributed by atoms with Gasteiger partial charge >= 0.3 is 0 Å². The molecule has 1 aromatic rings. The van der Waals surface area contributed by atoms with E-state index < -0.39 is 10.0 Å². The summed E-state index contributed by atoms with van der Waals surface area (Å²) in [5.74, 6) is -0.0314. The molecule has 0 saturated carbocycles. The molecule has 0 aliphatic rings. The summed E-state index contributed by atoms with van der Waals surface area (Å²) in [6.07, 6.45) is 2.77. The molecule has 1 aromatic carbocycles. The molecular weight excluding hydrogens is 336 g/mol. The quantitative estimate of drug-likeness (QED) is 0.765. The van der Waals surface area contributed by atoms with E-state index >= 15 is 0 Å². The van der Waals surface area contributed by atoms with Gasteiger partial charge in [-0.15, -0.1) is 0 Å². The normalized spacial score (nSPS) is 12.3. The number of hydrogen-bond acceptors (Lipinski definition) is 3. The van der Waals surface area contributed by atoms with E-state index in [1.165, 1.54) is 10.6 Å². The van der Waals surface area contributed by atoms with E-state index in [-0.39, 0.29) is 23.8 Å². The third kappa shape index (κ3) is 6.03. The Bertz CT molecular complexity index is 674. The van der Waals surface area contributed by atoms with Gasteiger partial charge in [-0.05, 0) is 29.9 Å². The van der Waals surface area contributed by atoms with E-state index in [0.29, 0.717) is 12.2 Å². The molecule has 0 spiro atoms. The van der Waals surface area contributed by atoms with Crippen LogP contribution in [0.3, 0.4) is 0 Å². The molecule has 0 saturated heterocycles. The smallest absolute Gasteiger partial charge is 0.232 e. The highest BCUT2D eigenvalue weighted by Gasteiger charge is 2.25. The lowest BCUT2D eigenvalue weighted by molar-refractivity contribution is -0.125. The van der Waals surface area contributed by atoms with Crippen molar-refractivity contribution >= 4 is 21.6 Å². The van der Waals surface area contributed by atoms with Crippen molar-refractivity contribution < 1.29 is 13.2 Å². The summed E-state index contributed by atoms with van der Waals surface area (Å²) in [7, 11) is -3.45. The number of anilines is 1. The molecule has 0 aromatic heterocycles. The van der Waals surface area contributed by atoms with Crippen LogP contribution < -0.4 is 9.62 Å². The van der Waals surface area contributed by atoms with Crippen molar-refractivity contribution in [3.63, 3.8) is 0 Å². The van der Waals surface area contributed by atoms with Crippen molar-refractivity contribution in [1.29, 1.82) is 0 Å². The van der Waals surface area contributed by atoms with E-state index in [0.717, 1.165) is 18.4 Å². The van der Waals surface area contributed by atoms with Gasteiger partial charge in [0, 0.05) is 12.5 Å². The van der Waals surface area contributed by atoms with Gasteiger partial charge in [0.2, 0.25) is 15.9 Å². The lowest BCUT2D eigenvalue weighted by atomic mass is 9.86. The number of nitrogens with one attached hydrogen (secondary N) is 1. The van der Waals surface area contributed by atoms with E-state index in [2.05, 4.69) is 26.1 Å². The van der Waals surface area contributed by atoms with Gasteiger partial charge in [-0.25, -0.2) is 8.42 Å². The second-order valence-electron chi connectivity index (χ2n) is 7.41. The number of hydrogen-bond donors (Lipinski definition) is 1. The van der Waals surface area contributed by atoms with Crippen molar-refractivity contribution in [3.05, 3.63) is 29.8 Å². The lowest BCUT2D eigenvalue weighted by Gasteiger charge is -2.30. The SMILES string of the molecule is CCC(CC)C(=O)NCCN(c1ccccc1C(C)(C)C)S(C)(=O)=O. The molecule has 0 unspecified atom stereocenters. The minimum atomic E-state index is -3.45. The zero-order valence-electron chi connectivity index (χ0n) is 16.3. The summed E-state index contributed by atoms with van der Waals surface area (Å²) in [6, 6.07) is 7.53. The lowest BCUT2D eigenvalue weighted by Crippen LogP contribution is -2.40. The molecule has 0 bridgehead atoms. The Balaban J connectivity index is 3.01. The van der Waals surface area contributed by atoms with E-state index in [1.807, 2.05) is 38.1 Å². The van der Waals surface area contributed by atoms with Gasteiger partial charge in [-0.1, -0.05) is 52.8 Å². The maximum absolute atomic E-state index is 12.3. The minimum Gasteiger partial charge on any atom is -0.354 e. The molecule has 0 heterocycles. The number of nitrogens with zero attached hydrogens (tertiary/aromatic N) is 1. The first-order valence-corrected chi connectivity index (χ1v) is 10.7. The van der Waals surface area contributed by atoms with Gasteiger partial charge in [0.05, 0.1) is 18.5 Å².